The van der Waals surface area contributed by atoms with E-state index in [0.29, 0.717) is 30.1 Å². The number of hydrogen-bond acceptors (Lipinski definition) is 7. The highest BCUT2D eigenvalue weighted by atomic mass is 16.5. The first-order chi connectivity index (χ1) is 13.5. The lowest BCUT2D eigenvalue weighted by Crippen LogP contribution is -2.21. The van der Waals surface area contributed by atoms with Gasteiger partial charge in [0.1, 0.15) is 12.2 Å². The zero-order valence-corrected chi connectivity index (χ0v) is 17.0. The van der Waals surface area contributed by atoms with Gasteiger partial charge in [0.15, 0.2) is 0 Å². The zero-order valence-electron chi connectivity index (χ0n) is 17.0. The molecule has 0 saturated carbocycles. The maximum atomic E-state index is 11.4. The van der Waals surface area contributed by atoms with Crippen LogP contribution in [0.15, 0.2) is 30.4 Å². The minimum absolute atomic E-state index is 0.0310. The number of allylic oxidation sites excluding steroid dienone is 1. The van der Waals surface area contributed by atoms with Crippen LogP contribution in [0.25, 0.3) is 11.0 Å². The third kappa shape index (κ3) is 5.80. The molecule has 0 spiro atoms. The molecule has 0 amide bonds. The molecule has 8 heteroatoms. The Morgan fingerprint density at radius 1 is 1.39 bits per heavy atom. The van der Waals surface area contributed by atoms with Crippen molar-refractivity contribution in [3.8, 4) is 0 Å². The quantitative estimate of drug-likeness (QED) is 0.405. The van der Waals surface area contributed by atoms with Gasteiger partial charge in [-0.2, -0.15) is 4.98 Å². The van der Waals surface area contributed by atoms with Crippen LogP contribution in [0.1, 0.15) is 34.1 Å². The van der Waals surface area contributed by atoms with E-state index in [0.717, 1.165) is 30.2 Å². The van der Waals surface area contributed by atoms with Gasteiger partial charge in [-0.25, -0.2) is 4.98 Å². The Balaban J connectivity index is 2.12. The minimum atomic E-state index is -0.353. The fourth-order valence-electron chi connectivity index (χ4n) is 2.94. The second-order valence-corrected chi connectivity index (χ2v) is 6.91. The largest absolute Gasteiger partial charge is 0.465 e. The highest BCUT2D eigenvalue weighted by Crippen LogP contribution is 2.21. The van der Waals surface area contributed by atoms with Gasteiger partial charge in [0, 0.05) is 36.7 Å². The average Bonchev–Trinajstić information content (AvgIpc) is 3.07. The molecule has 2 rings (SSSR count). The van der Waals surface area contributed by atoms with Crippen LogP contribution in [0.4, 0.5) is 5.95 Å². The summed E-state index contributed by atoms with van der Waals surface area (Å²) in [6, 6.07) is 2.01. The van der Waals surface area contributed by atoms with Gasteiger partial charge in [-0.3, -0.25) is 4.79 Å². The number of esters is 1. The molecule has 0 aliphatic heterocycles. The molecule has 8 nitrogen and oxygen atoms in total. The number of nitrogens with zero attached hydrogens (tertiary/aromatic N) is 3. The van der Waals surface area contributed by atoms with Crippen molar-refractivity contribution in [1.29, 1.82) is 5.41 Å². The van der Waals surface area contributed by atoms with Crippen LogP contribution in [0.3, 0.4) is 0 Å². The number of fused-ring (bicyclic) bond motifs is 1. The summed E-state index contributed by atoms with van der Waals surface area (Å²) < 4.78 is 7.01. The van der Waals surface area contributed by atoms with Gasteiger partial charge in [0.05, 0.1) is 12.3 Å². The van der Waals surface area contributed by atoms with Crippen LogP contribution in [0, 0.1) is 17.2 Å². The summed E-state index contributed by atoms with van der Waals surface area (Å²) in [7, 11) is 0. The summed E-state index contributed by atoms with van der Waals surface area (Å²) in [4.78, 5) is 20.3. The number of ether oxygens (including phenoxy) is 1. The van der Waals surface area contributed by atoms with E-state index in [1.165, 1.54) is 6.20 Å². The third-order valence-electron chi connectivity index (χ3n) is 4.62. The molecule has 3 N–H and O–H groups in total. The number of carbonyl (C=O) groups excluding carboxylic acids is 1. The molecule has 28 heavy (non-hydrogen) atoms. The summed E-state index contributed by atoms with van der Waals surface area (Å²) in [5.41, 5.74) is 1.30. The maximum absolute atomic E-state index is 11.4. The van der Waals surface area contributed by atoms with Crippen LogP contribution >= 0.6 is 0 Å². The predicted molar refractivity (Wildman–Crippen MR) is 111 cm³/mol. The van der Waals surface area contributed by atoms with E-state index in [4.69, 9.17) is 10.1 Å². The SMILES string of the molecule is CCOC(=O)CN/C=C(\C=N)Nc1ncc2ccn(CC(CC)C(C)C)c2n1. The van der Waals surface area contributed by atoms with E-state index in [1.54, 1.807) is 13.1 Å². The van der Waals surface area contributed by atoms with E-state index in [-0.39, 0.29) is 12.5 Å². The Labute approximate surface area is 165 Å². The summed E-state index contributed by atoms with van der Waals surface area (Å²) in [5.74, 6) is 1.22. The standard InChI is InChI=1S/C20H30N6O2/c1-5-15(14(3)4)13-26-8-7-16-10-23-20(25-19(16)26)24-17(9-21)11-22-12-18(27)28-6-2/h7-11,14-15,21-22H,5-6,12-13H2,1-4H3,(H,23,24,25)/b17-11+,21-9?. The molecular weight excluding hydrogens is 356 g/mol. The Bertz CT molecular complexity index is 827. The normalized spacial score (nSPS) is 12.8. The molecule has 0 saturated heterocycles. The number of hydrogen-bond donors (Lipinski definition) is 3. The third-order valence-corrected chi connectivity index (χ3v) is 4.62. The van der Waals surface area contributed by atoms with Crippen LogP contribution in [0.2, 0.25) is 0 Å². The molecule has 0 radical (unpaired) electrons. The van der Waals surface area contributed by atoms with Crippen molar-refractivity contribution < 1.29 is 9.53 Å². The number of nitrogens with one attached hydrogen (secondary N) is 3. The number of rotatable bonds is 11. The average molecular weight is 387 g/mol. The van der Waals surface area contributed by atoms with Gasteiger partial charge < -0.3 is 25.3 Å². The Morgan fingerprint density at radius 3 is 2.82 bits per heavy atom. The van der Waals surface area contributed by atoms with Crippen molar-refractivity contribution in [2.45, 2.75) is 40.7 Å². The molecule has 0 aliphatic rings. The molecule has 2 heterocycles. The maximum Gasteiger partial charge on any atom is 0.325 e. The first-order valence-corrected chi connectivity index (χ1v) is 9.67. The van der Waals surface area contributed by atoms with Crippen molar-refractivity contribution in [2.24, 2.45) is 11.8 Å². The summed E-state index contributed by atoms with van der Waals surface area (Å²) >= 11 is 0. The van der Waals surface area contributed by atoms with Crippen molar-refractivity contribution in [3.05, 3.63) is 30.4 Å². The number of aromatic nitrogens is 3. The van der Waals surface area contributed by atoms with Crippen LogP contribution in [0.5, 0.6) is 0 Å². The Morgan fingerprint density at radius 2 is 2.18 bits per heavy atom. The lowest BCUT2D eigenvalue weighted by Gasteiger charge is -2.20. The number of anilines is 1. The first kappa shape index (κ1) is 21.4. The van der Waals surface area contributed by atoms with Crippen LogP contribution < -0.4 is 10.6 Å². The van der Waals surface area contributed by atoms with Gasteiger partial charge in [0.2, 0.25) is 5.95 Å². The monoisotopic (exact) mass is 386 g/mol. The highest BCUT2D eigenvalue weighted by molar-refractivity contribution is 5.81. The van der Waals surface area contributed by atoms with E-state index in [9.17, 15) is 4.79 Å². The minimum Gasteiger partial charge on any atom is -0.465 e. The Kier molecular flexibility index (Phi) is 7.98. The second-order valence-electron chi connectivity index (χ2n) is 6.91. The topological polar surface area (TPSA) is 105 Å². The predicted octanol–water partition coefficient (Wildman–Crippen LogP) is 3.17. The van der Waals surface area contributed by atoms with E-state index >= 15 is 0 Å². The van der Waals surface area contributed by atoms with Crippen LogP contribution in [-0.2, 0) is 16.1 Å². The molecule has 0 fully saturated rings. The van der Waals surface area contributed by atoms with Gasteiger partial charge in [-0.15, -0.1) is 0 Å². The van der Waals surface area contributed by atoms with Crippen LogP contribution in [-0.4, -0.2) is 39.9 Å². The fraction of sp³-hybridized carbons (Fsp3) is 0.500. The van der Waals surface area contributed by atoms with E-state index in [2.05, 4.69) is 45.9 Å². The zero-order chi connectivity index (χ0) is 20.5. The lowest BCUT2D eigenvalue weighted by molar-refractivity contribution is -0.141. The lowest BCUT2D eigenvalue weighted by atomic mass is 9.93. The summed E-state index contributed by atoms with van der Waals surface area (Å²) in [6.07, 6.45) is 7.59. The van der Waals surface area contributed by atoms with Crippen molar-refractivity contribution in [2.75, 3.05) is 18.5 Å². The summed E-state index contributed by atoms with van der Waals surface area (Å²) in [5, 5.41) is 14.3. The molecule has 0 bridgehead atoms. The van der Waals surface area contributed by atoms with E-state index < -0.39 is 0 Å². The molecule has 2 aromatic heterocycles. The van der Waals surface area contributed by atoms with Gasteiger partial charge >= 0.3 is 5.97 Å². The molecule has 2 aromatic rings. The smallest absolute Gasteiger partial charge is 0.325 e. The van der Waals surface area contributed by atoms with Gasteiger partial charge in [0.25, 0.3) is 0 Å². The van der Waals surface area contributed by atoms with Crippen molar-refractivity contribution in [1.82, 2.24) is 19.9 Å². The van der Waals surface area contributed by atoms with Gasteiger partial charge in [-0.05, 0) is 24.8 Å². The molecular formula is C20H30N6O2. The second kappa shape index (κ2) is 10.4. The van der Waals surface area contributed by atoms with E-state index in [1.807, 2.05) is 12.3 Å². The summed E-state index contributed by atoms with van der Waals surface area (Å²) in [6.45, 7) is 9.72. The molecule has 0 aliphatic carbocycles. The molecule has 152 valence electrons. The number of carbonyl (C=O) groups is 1. The highest BCUT2D eigenvalue weighted by Gasteiger charge is 2.14. The molecule has 1 unspecified atom stereocenters. The molecule has 0 aromatic carbocycles. The van der Waals surface area contributed by atoms with Crippen molar-refractivity contribution >= 4 is 29.2 Å². The van der Waals surface area contributed by atoms with Gasteiger partial charge in [-0.1, -0.05) is 27.2 Å². The van der Waals surface area contributed by atoms with Crippen molar-refractivity contribution in [3.63, 3.8) is 0 Å². The Hall–Kier alpha value is -2.90. The molecule has 1 atom stereocenters. The first-order valence-electron chi connectivity index (χ1n) is 9.67. The fourth-order valence-corrected chi connectivity index (χ4v) is 2.94.